The number of carbonyl (C=O) groups excluding carboxylic acids is 2. The summed E-state index contributed by atoms with van der Waals surface area (Å²) in [5.41, 5.74) is -1.75. The Morgan fingerprint density at radius 3 is 2.64 bits per heavy atom. The zero-order valence-electron chi connectivity index (χ0n) is 19.0. The minimum absolute atomic E-state index is 0.0299. The lowest BCUT2D eigenvalue weighted by atomic mass is 9.86. The second kappa shape index (κ2) is 9.17. The molecule has 2 heterocycles. The number of aromatic nitrogens is 1. The summed E-state index contributed by atoms with van der Waals surface area (Å²) in [6, 6.07) is 7.46. The third-order valence-electron chi connectivity index (χ3n) is 6.11. The molecule has 2 amide bonds. The van der Waals surface area contributed by atoms with Crippen LogP contribution in [0.4, 0.5) is 13.2 Å². The van der Waals surface area contributed by atoms with Crippen molar-refractivity contribution in [1.29, 1.82) is 0 Å². The number of benzene rings is 1. The van der Waals surface area contributed by atoms with Gasteiger partial charge in [0.25, 0.3) is 0 Å². The van der Waals surface area contributed by atoms with E-state index in [9.17, 15) is 27.9 Å². The lowest BCUT2D eigenvalue weighted by molar-refractivity contribution is -0.261. The van der Waals surface area contributed by atoms with Crippen LogP contribution in [-0.4, -0.2) is 46.2 Å². The Morgan fingerprint density at radius 2 is 2.00 bits per heavy atom. The van der Waals surface area contributed by atoms with Gasteiger partial charge in [-0.05, 0) is 31.4 Å². The molecule has 0 unspecified atom stereocenters. The molecule has 1 aliphatic rings. The van der Waals surface area contributed by atoms with Gasteiger partial charge in [-0.25, -0.2) is 0 Å². The number of alkyl halides is 3. The van der Waals surface area contributed by atoms with Crippen molar-refractivity contribution in [1.82, 2.24) is 15.4 Å². The summed E-state index contributed by atoms with van der Waals surface area (Å²) in [6.07, 6.45) is -4.36. The molecule has 2 N–H and O–H groups in total. The molecule has 3 atom stereocenters. The van der Waals surface area contributed by atoms with Gasteiger partial charge in [0.15, 0.2) is 5.76 Å². The molecular weight excluding hydrogens is 439 g/mol. The van der Waals surface area contributed by atoms with Crippen molar-refractivity contribution in [3.63, 3.8) is 0 Å². The van der Waals surface area contributed by atoms with Crippen LogP contribution in [0.1, 0.15) is 67.7 Å². The summed E-state index contributed by atoms with van der Waals surface area (Å²) in [5.74, 6) is -1.19. The molecule has 180 valence electrons. The van der Waals surface area contributed by atoms with Gasteiger partial charge in [-0.15, -0.1) is 0 Å². The molecule has 0 saturated heterocycles. The standard InChI is InChI=1S/C23H28F3N3O4/c1-13-11-29(12-18-19(13)20(28-33-18)22(4,32)23(24,25)26)21(31)14(2)17-8-6-5-7-16(17)9-10-27-15(3)30/h5-8,13-14,32H,9-12H2,1-4H3,(H,27,30)/t13-,14-,22+/m0/s1. The number of hydrogen-bond donors (Lipinski definition) is 2. The number of aliphatic hydroxyl groups is 1. The van der Waals surface area contributed by atoms with Crippen LogP contribution in [0.25, 0.3) is 0 Å². The molecule has 1 aromatic heterocycles. The molecule has 7 nitrogen and oxygen atoms in total. The Kier molecular flexibility index (Phi) is 6.88. The van der Waals surface area contributed by atoms with Crippen molar-refractivity contribution in [2.24, 2.45) is 0 Å². The van der Waals surface area contributed by atoms with E-state index in [2.05, 4.69) is 10.5 Å². The summed E-state index contributed by atoms with van der Waals surface area (Å²) in [6.45, 7) is 6.13. The molecule has 0 aliphatic carbocycles. The maximum atomic E-state index is 13.3. The van der Waals surface area contributed by atoms with Crippen LogP contribution in [0.3, 0.4) is 0 Å². The van der Waals surface area contributed by atoms with Gasteiger partial charge >= 0.3 is 6.18 Å². The number of fused-ring (bicyclic) bond motifs is 1. The minimum atomic E-state index is -4.92. The number of hydrogen-bond acceptors (Lipinski definition) is 5. The predicted molar refractivity (Wildman–Crippen MR) is 113 cm³/mol. The Bertz CT molecular complexity index is 1030. The van der Waals surface area contributed by atoms with E-state index in [0.29, 0.717) is 19.9 Å². The summed E-state index contributed by atoms with van der Waals surface area (Å²) < 4.78 is 45.2. The van der Waals surface area contributed by atoms with Crippen molar-refractivity contribution >= 4 is 11.8 Å². The van der Waals surface area contributed by atoms with Crippen LogP contribution in [-0.2, 0) is 28.2 Å². The van der Waals surface area contributed by atoms with Crippen LogP contribution < -0.4 is 5.32 Å². The van der Waals surface area contributed by atoms with Crippen LogP contribution in [0, 0.1) is 0 Å². The van der Waals surface area contributed by atoms with Gasteiger partial charge in [0.2, 0.25) is 17.4 Å². The Hall–Kier alpha value is -2.88. The molecule has 0 spiro atoms. The molecule has 10 heteroatoms. The maximum absolute atomic E-state index is 13.3. The van der Waals surface area contributed by atoms with Crippen LogP contribution in [0.2, 0.25) is 0 Å². The molecule has 3 rings (SSSR count). The van der Waals surface area contributed by atoms with E-state index >= 15 is 0 Å². The zero-order chi connectivity index (χ0) is 24.6. The average molecular weight is 467 g/mol. The second-order valence-corrected chi connectivity index (χ2v) is 8.71. The first-order valence-corrected chi connectivity index (χ1v) is 10.7. The highest BCUT2D eigenvalue weighted by Gasteiger charge is 2.55. The first-order valence-electron chi connectivity index (χ1n) is 10.7. The number of carbonyl (C=O) groups is 2. The van der Waals surface area contributed by atoms with Crippen LogP contribution in [0.5, 0.6) is 0 Å². The summed E-state index contributed by atoms with van der Waals surface area (Å²) in [4.78, 5) is 26.0. The van der Waals surface area contributed by atoms with E-state index in [-0.39, 0.29) is 36.2 Å². The SMILES string of the molecule is CC(=O)NCCc1ccccc1[C@H](C)C(=O)N1Cc2onc([C@@](C)(O)C(F)(F)F)c2[C@@H](C)C1. The van der Waals surface area contributed by atoms with Gasteiger partial charge in [-0.2, -0.15) is 13.2 Å². The molecule has 0 radical (unpaired) electrons. The molecule has 2 aromatic rings. The van der Waals surface area contributed by atoms with Gasteiger partial charge in [-0.1, -0.05) is 36.3 Å². The van der Waals surface area contributed by atoms with Crippen molar-refractivity contribution in [3.8, 4) is 0 Å². The number of halogens is 3. The van der Waals surface area contributed by atoms with Gasteiger partial charge in [0.05, 0.1) is 12.5 Å². The Labute approximate surface area is 189 Å². The zero-order valence-corrected chi connectivity index (χ0v) is 19.0. The van der Waals surface area contributed by atoms with Crippen molar-refractivity contribution < 1.29 is 32.4 Å². The smallest absolute Gasteiger partial charge is 0.375 e. The third-order valence-corrected chi connectivity index (χ3v) is 6.11. The molecule has 33 heavy (non-hydrogen) atoms. The van der Waals surface area contributed by atoms with E-state index in [1.165, 1.54) is 6.92 Å². The monoisotopic (exact) mass is 467 g/mol. The average Bonchev–Trinajstić information content (AvgIpc) is 3.17. The normalized spacial score (nSPS) is 18.9. The van der Waals surface area contributed by atoms with Crippen molar-refractivity contribution in [3.05, 3.63) is 52.4 Å². The van der Waals surface area contributed by atoms with Crippen LogP contribution in [0.15, 0.2) is 28.8 Å². The van der Waals surface area contributed by atoms with Gasteiger partial charge in [-0.3, -0.25) is 9.59 Å². The fraction of sp³-hybridized carbons (Fsp3) is 0.522. The fourth-order valence-corrected chi connectivity index (χ4v) is 4.23. The Balaban J connectivity index is 1.81. The van der Waals surface area contributed by atoms with E-state index in [1.54, 1.807) is 18.7 Å². The first kappa shape index (κ1) is 24.8. The fourth-order valence-electron chi connectivity index (χ4n) is 4.23. The quantitative estimate of drug-likeness (QED) is 0.679. The van der Waals surface area contributed by atoms with Gasteiger partial charge in [0, 0.05) is 31.5 Å². The maximum Gasteiger partial charge on any atom is 0.422 e. The third kappa shape index (κ3) is 4.90. The molecule has 0 saturated carbocycles. The largest absolute Gasteiger partial charge is 0.422 e. The van der Waals surface area contributed by atoms with Gasteiger partial charge < -0.3 is 19.8 Å². The molecule has 0 fully saturated rings. The number of rotatable bonds is 6. The number of nitrogens with one attached hydrogen (secondary N) is 1. The Morgan fingerprint density at radius 1 is 1.33 bits per heavy atom. The number of nitrogens with zero attached hydrogens (tertiary/aromatic N) is 2. The molecule has 1 aromatic carbocycles. The van der Waals surface area contributed by atoms with Gasteiger partial charge in [0.1, 0.15) is 5.69 Å². The highest BCUT2D eigenvalue weighted by atomic mass is 19.4. The van der Waals surface area contributed by atoms with E-state index in [4.69, 9.17) is 4.52 Å². The lowest BCUT2D eigenvalue weighted by Gasteiger charge is -2.34. The summed E-state index contributed by atoms with van der Waals surface area (Å²) >= 11 is 0. The summed E-state index contributed by atoms with van der Waals surface area (Å²) in [5, 5.41) is 16.3. The van der Waals surface area contributed by atoms with Crippen molar-refractivity contribution in [2.75, 3.05) is 13.1 Å². The van der Waals surface area contributed by atoms with Crippen LogP contribution >= 0.6 is 0 Å². The highest BCUT2D eigenvalue weighted by Crippen LogP contribution is 2.43. The predicted octanol–water partition coefficient (Wildman–Crippen LogP) is 3.37. The molecular formula is C23H28F3N3O4. The second-order valence-electron chi connectivity index (χ2n) is 8.71. The molecule has 1 aliphatic heterocycles. The first-order chi connectivity index (χ1) is 15.3. The molecule has 0 bridgehead atoms. The topological polar surface area (TPSA) is 95.7 Å². The minimum Gasteiger partial charge on any atom is -0.375 e. The lowest BCUT2D eigenvalue weighted by Crippen LogP contribution is -2.43. The van der Waals surface area contributed by atoms with Crippen molar-refractivity contribution in [2.45, 2.75) is 64.3 Å². The van der Waals surface area contributed by atoms with E-state index < -0.39 is 29.3 Å². The number of amides is 2. The van der Waals surface area contributed by atoms with E-state index in [1.807, 2.05) is 24.3 Å². The summed E-state index contributed by atoms with van der Waals surface area (Å²) in [7, 11) is 0. The van der Waals surface area contributed by atoms with E-state index in [0.717, 1.165) is 11.1 Å². The highest BCUT2D eigenvalue weighted by molar-refractivity contribution is 5.84.